The molecular weight excluding hydrogens is 298 g/mol. The Morgan fingerprint density at radius 3 is 2.52 bits per heavy atom. The Balaban J connectivity index is 1.89. The minimum Gasteiger partial charge on any atom is -0.338 e. The van der Waals surface area contributed by atoms with Crippen LogP contribution in [-0.2, 0) is 0 Å². The Hall–Kier alpha value is -2.43. The van der Waals surface area contributed by atoms with Crippen LogP contribution in [0.5, 0.6) is 0 Å². The summed E-state index contributed by atoms with van der Waals surface area (Å²) in [7, 11) is 0. The van der Waals surface area contributed by atoms with Crippen LogP contribution in [0.1, 0.15) is 25.1 Å². The first kappa shape index (κ1) is 15.5. The predicted molar refractivity (Wildman–Crippen MR) is 86.7 cm³/mol. The van der Waals surface area contributed by atoms with Crippen LogP contribution in [0.25, 0.3) is 11.1 Å². The number of halogens is 2. The van der Waals surface area contributed by atoms with Gasteiger partial charge >= 0.3 is 6.03 Å². The number of urea groups is 1. The number of anilines is 1. The van der Waals surface area contributed by atoms with Gasteiger partial charge in [0.1, 0.15) is 12.0 Å². The third-order valence-corrected chi connectivity index (χ3v) is 3.97. The highest BCUT2D eigenvalue weighted by atomic mass is 19.1. The fourth-order valence-electron chi connectivity index (χ4n) is 2.72. The maximum Gasteiger partial charge on any atom is 0.321 e. The Kier molecular flexibility index (Phi) is 4.28. The van der Waals surface area contributed by atoms with Gasteiger partial charge in [0.05, 0.1) is 0 Å². The van der Waals surface area contributed by atoms with Crippen molar-refractivity contribution in [3.05, 3.63) is 53.8 Å². The summed E-state index contributed by atoms with van der Waals surface area (Å²) >= 11 is 0. The zero-order chi connectivity index (χ0) is 16.4. The van der Waals surface area contributed by atoms with Crippen molar-refractivity contribution < 1.29 is 13.6 Å². The number of rotatable bonds is 3. The molecule has 1 N–H and O–H groups in total. The number of carbonyl (C=O) groups excluding carboxylic acids is 1. The standard InChI is InChI=1S/C18H18F2N2O/c1-12(19)14-9-15(11-16(20)10-14)13-3-5-17(6-4-13)22-8-2-7-21-18(22)23/h3-6,9-12H,2,7-8H2,1H3,(H,21,23). The maximum absolute atomic E-state index is 13.7. The highest BCUT2D eigenvalue weighted by Gasteiger charge is 2.19. The van der Waals surface area contributed by atoms with Gasteiger partial charge in [-0.15, -0.1) is 0 Å². The quantitative estimate of drug-likeness (QED) is 0.892. The average Bonchev–Trinajstić information content (AvgIpc) is 2.55. The lowest BCUT2D eigenvalue weighted by Crippen LogP contribution is -2.46. The molecule has 2 amide bonds. The van der Waals surface area contributed by atoms with Crippen LogP contribution in [0.2, 0.25) is 0 Å². The van der Waals surface area contributed by atoms with Crippen LogP contribution >= 0.6 is 0 Å². The zero-order valence-corrected chi connectivity index (χ0v) is 12.9. The van der Waals surface area contributed by atoms with E-state index in [4.69, 9.17) is 0 Å². The van der Waals surface area contributed by atoms with Crippen molar-refractivity contribution in [2.24, 2.45) is 0 Å². The molecule has 0 aliphatic carbocycles. The van der Waals surface area contributed by atoms with Crippen molar-refractivity contribution >= 4 is 11.7 Å². The largest absolute Gasteiger partial charge is 0.338 e. The van der Waals surface area contributed by atoms with E-state index in [1.165, 1.54) is 19.1 Å². The molecule has 1 heterocycles. The zero-order valence-electron chi connectivity index (χ0n) is 12.9. The molecule has 1 saturated heterocycles. The van der Waals surface area contributed by atoms with Crippen LogP contribution in [0.4, 0.5) is 19.3 Å². The van der Waals surface area contributed by atoms with Crippen molar-refractivity contribution in [2.45, 2.75) is 19.5 Å². The summed E-state index contributed by atoms with van der Waals surface area (Å²) < 4.78 is 27.1. The highest BCUT2D eigenvalue weighted by molar-refractivity contribution is 5.92. The van der Waals surface area contributed by atoms with Crippen molar-refractivity contribution in [3.8, 4) is 11.1 Å². The van der Waals surface area contributed by atoms with Crippen LogP contribution in [-0.4, -0.2) is 19.1 Å². The molecule has 3 rings (SSSR count). The molecule has 0 spiro atoms. The van der Waals surface area contributed by atoms with Gasteiger partial charge in [0.15, 0.2) is 0 Å². The number of benzene rings is 2. The molecule has 5 heteroatoms. The molecule has 1 aliphatic heterocycles. The Labute approximate surface area is 133 Å². The van der Waals surface area contributed by atoms with Crippen molar-refractivity contribution in [3.63, 3.8) is 0 Å². The third kappa shape index (κ3) is 3.33. The number of nitrogens with zero attached hydrogens (tertiary/aromatic N) is 1. The van der Waals surface area contributed by atoms with E-state index < -0.39 is 12.0 Å². The minimum absolute atomic E-state index is 0.108. The van der Waals surface area contributed by atoms with Crippen molar-refractivity contribution in [1.82, 2.24) is 5.32 Å². The summed E-state index contributed by atoms with van der Waals surface area (Å²) in [6, 6.07) is 11.4. The second kappa shape index (κ2) is 6.36. The van der Waals surface area contributed by atoms with E-state index in [-0.39, 0.29) is 6.03 Å². The smallest absolute Gasteiger partial charge is 0.321 e. The van der Waals surface area contributed by atoms with Crippen molar-refractivity contribution in [2.75, 3.05) is 18.0 Å². The molecule has 1 fully saturated rings. The van der Waals surface area contributed by atoms with Gasteiger partial charge in [-0.1, -0.05) is 12.1 Å². The molecule has 3 nitrogen and oxygen atoms in total. The van der Waals surface area contributed by atoms with E-state index in [9.17, 15) is 13.6 Å². The van der Waals surface area contributed by atoms with Gasteiger partial charge in [0.2, 0.25) is 0 Å². The van der Waals surface area contributed by atoms with E-state index in [0.717, 1.165) is 17.7 Å². The molecule has 120 valence electrons. The molecule has 23 heavy (non-hydrogen) atoms. The lowest BCUT2D eigenvalue weighted by molar-refractivity contribution is 0.243. The molecular formula is C18H18F2N2O. The fraction of sp³-hybridized carbons (Fsp3) is 0.278. The first-order valence-corrected chi connectivity index (χ1v) is 7.65. The summed E-state index contributed by atoms with van der Waals surface area (Å²) in [6.07, 6.45) is -0.324. The summed E-state index contributed by atoms with van der Waals surface area (Å²) in [4.78, 5) is 13.5. The number of nitrogens with one attached hydrogen (secondary N) is 1. The highest BCUT2D eigenvalue weighted by Crippen LogP contribution is 2.28. The lowest BCUT2D eigenvalue weighted by Gasteiger charge is -2.27. The van der Waals surface area contributed by atoms with Crippen LogP contribution in [0.3, 0.4) is 0 Å². The minimum atomic E-state index is -1.22. The number of hydrogen-bond acceptors (Lipinski definition) is 1. The summed E-state index contributed by atoms with van der Waals surface area (Å²) in [5.41, 5.74) is 2.52. The predicted octanol–water partition coefficient (Wildman–Crippen LogP) is 4.44. The van der Waals surface area contributed by atoms with Gasteiger partial charge in [0.25, 0.3) is 0 Å². The number of carbonyl (C=O) groups is 1. The Morgan fingerprint density at radius 1 is 1.13 bits per heavy atom. The molecule has 1 unspecified atom stereocenters. The molecule has 1 atom stereocenters. The molecule has 0 radical (unpaired) electrons. The van der Waals surface area contributed by atoms with Crippen LogP contribution < -0.4 is 10.2 Å². The lowest BCUT2D eigenvalue weighted by atomic mass is 10.0. The maximum atomic E-state index is 13.7. The Bertz CT molecular complexity index is 713. The first-order chi connectivity index (χ1) is 11.0. The van der Waals surface area contributed by atoms with Crippen LogP contribution in [0, 0.1) is 5.82 Å². The van der Waals surface area contributed by atoms with Gasteiger partial charge in [0, 0.05) is 18.8 Å². The van der Waals surface area contributed by atoms with E-state index in [0.29, 0.717) is 24.2 Å². The Morgan fingerprint density at radius 2 is 1.87 bits per heavy atom. The molecule has 0 bridgehead atoms. The summed E-state index contributed by atoms with van der Waals surface area (Å²) in [6.45, 7) is 2.76. The molecule has 1 aliphatic rings. The third-order valence-electron chi connectivity index (χ3n) is 3.97. The normalized spacial score (nSPS) is 16.1. The van der Waals surface area contributed by atoms with Crippen LogP contribution in [0.15, 0.2) is 42.5 Å². The van der Waals surface area contributed by atoms with Gasteiger partial charge in [-0.3, -0.25) is 4.90 Å². The van der Waals surface area contributed by atoms with Gasteiger partial charge in [-0.2, -0.15) is 0 Å². The molecule has 2 aromatic rings. The van der Waals surface area contributed by atoms with E-state index in [1.807, 2.05) is 24.3 Å². The van der Waals surface area contributed by atoms with Gasteiger partial charge < -0.3 is 5.32 Å². The second-order valence-electron chi connectivity index (χ2n) is 5.67. The second-order valence-corrected chi connectivity index (χ2v) is 5.67. The molecule has 0 saturated carbocycles. The molecule has 0 aromatic heterocycles. The summed E-state index contributed by atoms with van der Waals surface area (Å²) in [5.74, 6) is -0.457. The first-order valence-electron chi connectivity index (χ1n) is 7.65. The fourth-order valence-corrected chi connectivity index (χ4v) is 2.72. The van der Waals surface area contributed by atoms with Gasteiger partial charge in [-0.25, -0.2) is 13.6 Å². The van der Waals surface area contributed by atoms with E-state index in [1.54, 1.807) is 11.0 Å². The number of amides is 2. The average molecular weight is 316 g/mol. The van der Waals surface area contributed by atoms with Gasteiger partial charge in [-0.05, 0) is 60.4 Å². The number of hydrogen-bond donors (Lipinski definition) is 1. The molecule has 2 aromatic carbocycles. The van der Waals surface area contributed by atoms with E-state index in [2.05, 4.69) is 5.32 Å². The number of alkyl halides is 1. The summed E-state index contributed by atoms with van der Waals surface area (Å²) in [5, 5.41) is 2.80. The monoisotopic (exact) mass is 316 g/mol. The SMILES string of the molecule is CC(F)c1cc(F)cc(-c2ccc(N3CCCNC3=O)cc2)c1. The topological polar surface area (TPSA) is 32.3 Å². The van der Waals surface area contributed by atoms with Crippen molar-refractivity contribution in [1.29, 1.82) is 0 Å². The van der Waals surface area contributed by atoms with E-state index >= 15 is 0 Å².